The van der Waals surface area contributed by atoms with Crippen LogP contribution in [0.2, 0.25) is 0 Å². The van der Waals surface area contributed by atoms with Gasteiger partial charge < -0.3 is 19.7 Å². The molecule has 19 heavy (non-hydrogen) atoms. The van der Waals surface area contributed by atoms with Gasteiger partial charge in [-0.25, -0.2) is 9.18 Å². The van der Waals surface area contributed by atoms with Crippen molar-refractivity contribution in [1.82, 2.24) is 0 Å². The summed E-state index contributed by atoms with van der Waals surface area (Å²) in [6.45, 7) is 1.46. The number of aliphatic hydroxyl groups is 2. The average Bonchev–Trinajstić information content (AvgIpc) is 2.42. The predicted molar refractivity (Wildman–Crippen MR) is 63.1 cm³/mol. The first-order valence-electron chi connectivity index (χ1n) is 5.92. The fourth-order valence-electron chi connectivity index (χ4n) is 1.92. The number of aliphatic hydroxyl groups excluding tert-OH is 2. The fourth-order valence-corrected chi connectivity index (χ4v) is 1.92. The lowest BCUT2D eigenvalue weighted by molar-refractivity contribution is -0.252. The van der Waals surface area contributed by atoms with Gasteiger partial charge in [0, 0.05) is 0 Å². The van der Waals surface area contributed by atoms with E-state index < -0.39 is 36.7 Å². The number of rotatable bonds is 2. The molecule has 0 aliphatic carbocycles. The molecule has 1 fully saturated rings. The quantitative estimate of drug-likeness (QED) is 0.772. The summed E-state index contributed by atoms with van der Waals surface area (Å²) in [4.78, 5) is 11.8. The average molecular weight is 270 g/mol. The first-order valence-corrected chi connectivity index (χ1v) is 5.92. The Morgan fingerprint density at radius 2 is 1.89 bits per heavy atom. The molecule has 1 aliphatic rings. The Morgan fingerprint density at radius 3 is 2.53 bits per heavy atom. The molecule has 0 spiro atoms. The Hall–Kier alpha value is -1.50. The third kappa shape index (κ3) is 2.91. The van der Waals surface area contributed by atoms with E-state index in [2.05, 4.69) is 0 Å². The summed E-state index contributed by atoms with van der Waals surface area (Å²) in [6, 6.07) is 8.19. The Morgan fingerprint density at radius 1 is 1.26 bits per heavy atom. The molecule has 2 rings (SSSR count). The number of benzene rings is 1. The van der Waals surface area contributed by atoms with E-state index in [9.17, 15) is 19.4 Å². The van der Waals surface area contributed by atoms with Crippen molar-refractivity contribution in [2.75, 3.05) is 0 Å². The molecule has 5 nitrogen and oxygen atoms in total. The van der Waals surface area contributed by atoms with Gasteiger partial charge in [0.1, 0.15) is 12.2 Å². The van der Waals surface area contributed by atoms with Crippen LogP contribution in [0.3, 0.4) is 0 Å². The lowest BCUT2D eigenvalue weighted by atomic mass is 10.00. The molecule has 0 unspecified atom stereocenters. The number of esters is 1. The van der Waals surface area contributed by atoms with Crippen molar-refractivity contribution in [2.45, 2.75) is 37.7 Å². The van der Waals surface area contributed by atoms with Crippen molar-refractivity contribution in [1.29, 1.82) is 0 Å². The minimum absolute atomic E-state index is 0.304. The fraction of sp³-hybridized carbons (Fsp3) is 0.462. The highest BCUT2D eigenvalue weighted by molar-refractivity contribution is 5.89. The molecule has 0 aromatic heterocycles. The maximum atomic E-state index is 13.1. The van der Waals surface area contributed by atoms with Gasteiger partial charge in [0.25, 0.3) is 0 Å². The van der Waals surface area contributed by atoms with E-state index >= 15 is 0 Å². The molecule has 0 amide bonds. The highest BCUT2D eigenvalue weighted by Crippen LogP contribution is 2.24. The summed E-state index contributed by atoms with van der Waals surface area (Å²) in [5.41, 5.74) is 0.304. The van der Waals surface area contributed by atoms with Crippen molar-refractivity contribution < 1.29 is 28.9 Å². The van der Waals surface area contributed by atoms with Crippen molar-refractivity contribution in [3.8, 4) is 0 Å². The number of carbonyl (C=O) groups is 1. The molecule has 1 heterocycles. The van der Waals surface area contributed by atoms with Gasteiger partial charge in [-0.05, 0) is 19.1 Å². The second-order valence-corrected chi connectivity index (χ2v) is 4.41. The van der Waals surface area contributed by atoms with Crippen LogP contribution in [0.4, 0.5) is 4.39 Å². The summed E-state index contributed by atoms with van der Waals surface area (Å²) in [6.07, 6.45) is -7.20. The predicted octanol–water partition coefficient (Wildman–Crippen LogP) is 0.648. The third-order valence-electron chi connectivity index (χ3n) is 3.01. The van der Waals surface area contributed by atoms with Gasteiger partial charge in [0.2, 0.25) is 6.36 Å². The molecule has 1 aromatic rings. The van der Waals surface area contributed by atoms with E-state index in [1.165, 1.54) is 6.92 Å². The Labute approximate surface area is 109 Å². The molecular weight excluding hydrogens is 255 g/mol. The van der Waals surface area contributed by atoms with Gasteiger partial charge in [0.05, 0.1) is 11.7 Å². The molecule has 104 valence electrons. The summed E-state index contributed by atoms with van der Waals surface area (Å²) >= 11 is 0. The largest absolute Gasteiger partial charge is 0.453 e. The molecule has 1 saturated heterocycles. The number of hydrogen-bond acceptors (Lipinski definition) is 5. The summed E-state index contributed by atoms with van der Waals surface area (Å²) in [5, 5.41) is 19.1. The van der Waals surface area contributed by atoms with Crippen LogP contribution >= 0.6 is 0 Å². The maximum absolute atomic E-state index is 13.1. The Kier molecular flexibility index (Phi) is 4.14. The van der Waals surface area contributed by atoms with Crippen LogP contribution < -0.4 is 0 Å². The second-order valence-electron chi connectivity index (χ2n) is 4.41. The first-order chi connectivity index (χ1) is 9.00. The minimum Gasteiger partial charge on any atom is -0.453 e. The van der Waals surface area contributed by atoms with E-state index in [1.54, 1.807) is 30.3 Å². The van der Waals surface area contributed by atoms with E-state index in [0.29, 0.717) is 5.56 Å². The lowest BCUT2D eigenvalue weighted by Crippen LogP contribution is -2.56. The lowest BCUT2D eigenvalue weighted by Gasteiger charge is -2.37. The zero-order chi connectivity index (χ0) is 14.0. The van der Waals surface area contributed by atoms with Crippen LogP contribution in [-0.2, 0) is 9.47 Å². The van der Waals surface area contributed by atoms with Gasteiger partial charge in [-0.1, -0.05) is 18.2 Å². The number of carbonyl (C=O) groups excluding carboxylic acids is 1. The molecule has 1 aliphatic heterocycles. The van der Waals surface area contributed by atoms with Crippen LogP contribution in [0.25, 0.3) is 0 Å². The standard InChI is InChI=1S/C13H15FO5/c1-7-11(9(15)10(16)12(14)18-7)19-13(17)8-5-3-2-4-6-8/h2-7,9-12,15-16H,1H3/t7-,9-,10-,11+,12+/m1/s1. The van der Waals surface area contributed by atoms with Crippen LogP contribution in [0, 0.1) is 0 Å². The smallest absolute Gasteiger partial charge is 0.338 e. The van der Waals surface area contributed by atoms with Crippen molar-refractivity contribution in [3.63, 3.8) is 0 Å². The van der Waals surface area contributed by atoms with Gasteiger partial charge in [-0.15, -0.1) is 0 Å². The number of halogens is 1. The first kappa shape index (κ1) is 13.9. The molecule has 0 bridgehead atoms. The number of ether oxygens (including phenoxy) is 2. The van der Waals surface area contributed by atoms with Crippen molar-refractivity contribution in [2.24, 2.45) is 0 Å². The molecule has 1 aromatic carbocycles. The van der Waals surface area contributed by atoms with E-state index in [-0.39, 0.29) is 0 Å². The monoisotopic (exact) mass is 270 g/mol. The van der Waals surface area contributed by atoms with Crippen LogP contribution in [0.1, 0.15) is 17.3 Å². The molecule has 2 N–H and O–H groups in total. The molecule has 0 radical (unpaired) electrons. The topological polar surface area (TPSA) is 76.0 Å². The van der Waals surface area contributed by atoms with Crippen molar-refractivity contribution in [3.05, 3.63) is 35.9 Å². The third-order valence-corrected chi connectivity index (χ3v) is 3.01. The Bertz CT molecular complexity index is 438. The maximum Gasteiger partial charge on any atom is 0.338 e. The molecular formula is C13H15FO5. The van der Waals surface area contributed by atoms with Gasteiger partial charge >= 0.3 is 5.97 Å². The van der Waals surface area contributed by atoms with Crippen molar-refractivity contribution >= 4 is 5.97 Å². The second kappa shape index (κ2) is 5.64. The SMILES string of the molecule is C[C@H]1O[C@H](F)[C@H](O)[C@@H](O)[C@H]1OC(=O)c1ccccc1. The normalized spacial score (nSPS) is 34.8. The van der Waals surface area contributed by atoms with Crippen LogP contribution in [0.5, 0.6) is 0 Å². The highest BCUT2D eigenvalue weighted by atomic mass is 19.1. The number of alkyl halides is 1. The van der Waals surface area contributed by atoms with Crippen LogP contribution in [0.15, 0.2) is 30.3 Å². The molecule has 6 heteroatoms. The highest BCUT2D eigenvalue weighted by Gasteiger charge is 2.45. The van der Waals surface area contributed by atoms with Crippen LogP contribution in [-0.4, -0.2) is 47.0 Å². The van der Waals surface area contributed by atoms with E-state index in [4.69, 9.17) is 9.47 Å². The van der Waals surface area contributed by atoms with E-state index in [0.717, 1.165) is 0 Å². The van der Waals surface area contributed by atoms with Gasteiger partial charge in [0.15, 0.2) is 6.10 Å². The van der Waals surface area contributed by atoms with E-state index in [1.807, 2.05) is 0 Å². The minimum atomic E-state index is -1.99. The molecule has 0 saturated carbocycles. The zero-order valence-corrected chi connectivity index (χ0v) is 10.3. The van der Waals surface area contributed by atoms with Gasteiger partial charge in [-0.2, -0.15) is 0 Å². The number of hydrogen-bond donors (Lipinski definition) is 2. The summed E-state index contributed by atoms with van der Waals surface area (Å²) in [7, 11) is 0. The zero-order valence-electron chi connectivity index (χ0n) is 10.3. The molecule has 5 atom stereocenters. The Balaban J connectivity index is 2.08. The van der Waals surface area contributed by atoms with Gasteiger partial charge in [-0.3, -0.25) is 0 Å². The summed E-state index contributed by atoms with van der Waals surface area (Å²) < 4.78 is 23.0. The summed E-state index contributed by atoms with van der Waals surface area (Å²) in [5.74, 6) is -0.662.